The van der Waals surface area contributed by atoms with Crippen molar-refractivity contribution < 1.29 is 4.48 Å². The highest BCUT2D eigenvalue weighted by molar-refractivity contribution is 4.87. The maximum atomic E-state index is 3.96. The van der Waals surface area contributed by atoms with Gasteiger partial charge in [-0.2, -0.15) is 0 Å². The number of likely N-dealkylation sites (N-methyl/N-ethyl adjacent to an activating group) is 1. The Morgan fingerprint density at radius 2 is 2.33 bits per heavy atom. The van der Waals surface area contributed by atoms with Gasteiger partial charge in [0.15, 0.2) is 0 Å². The molecule has 0 aliphatic carbocycles. The van der Waals surface area contributed by atoms with Gasteiger partial charge in [0.25, 0.3) is 0 Å². The van der Waals surface area contributed by atoms with E-state index in [0.717, 1.165) is 10.5 Å². The molecule has 0 bridgehead atoms. The van der Waals surface area contributed by atoms with Gasteiger partial charge in [-0.3, -0.25) is 4.48 Å². The van der Waals surface area contributed by atoms with Crippen molar-refractivity contribution >= 4 is 0 Å². The lowest BCUT2D eigenvalue weighted by Gasteiger charge is -2.11. The molecule has 1 heterocycles. The lowest BCUT2D eigenvalue weighted by molar-refractivity contribution is -0.749. The van der Waals surface area contributed by atoms with E-state index in [1.165, 1.54) is 18.7 Å². The first-order chi connectivity index (χ1) is 4.11. The molecular formula is C8H16N+. The number of nitrogens with zero attached hydrogens (tertiary/aromatic N) is 1. The summed E-state index contributed by atoms with van der Waals surface area (Å²) in [5.41, 5.74) is 1.31. The number of quaternary nitrogens is 1. The molecule has 0 spiro atoms. The Bertz CT molecular complexity index is 140. The van der Waals surface area contributed by atoms with Crippen molar-refractivity contribution in [1.29, 1.82) is 0 Å². The molecule has 0 aromatic heterocycles. The first-order valence-corrected chi connectivity index (χ1v) is 3.62. The fourth-order valence-electron chi connectivity index (χ4n) is 1.39. The molecular weight excluding hydrogens is 110 g/mol. The van der Waals surface area contributed by atoms with Crippen molar-refractivity contribution in [2.45, 2.75) is 26.3 Å². The van der Waals surface area contributed by atoms with Crippen LogP contribution in [0.1, 0.15) is 20.3 Å². The van der Waals surface area contributed by atoms with Crippen LogP contribution in [0.5, 0.6) is 0 Å². The quantitative estimate of drug-likeness (QED) is 0.390. The third kappa shape index (κ3) is 0.897. The van der Waals surface area contributed by atoms with Gasteiger partial charge in [0.2, 0.25) is 0 Å². The molecule has 0 radical (unpaired) electrons. The van der Waals surface area contributed by atoms with E-state index >= 15 is 0 Å². The average molecular weight is 126 g/mol. The number of allylic oxidation sites excluding steroid dienone is 1. The van der Waals surface area contributed by atoms with E-state index in [4.69, 9.17) is 0 Å². The predicted molar refractivity (Wildman–Crippen MR) is 39.9 cm³/mol. The van der Waals surface area contributed by atoms with Crippen LogP contribution in [0.15, 0.2) is 12.3 Å². The Labute approximate surface area is 57.6 Å². The standard InChI is InChI=1S/C8H16N/c1-5-8-6-9(8,4)7(2)3/h8H,2,5-6H2,1,3-4H3/q+1. The van der Waals surface area contributed by atoms with Gasteiger partial charge in [-0.1, -0.05) is 6.92 Å². The average Bonchev–Trinajstić information content (AvgIpc) is 2.44. The van der Waals surface area contributed by atoms with E-state index in [2.05, 4.69) is 27.5 Å². The number of rotatable bonds is 2. The molecule has 0 aromatic carbocycles. The molecule has 1 rings (SSSR count). The second-order valence-corrected chi connectivity index (χ2v) is 3.25. The molecule has 9 heavy (non-hydrogen) atoms. The highest BCUT2D eigenvalue weighted by atomic mass is 15.5. The SMILES string of the molecule is C=C(C)[N+]1(C)CC1CC. The highest BCUT2D eigenvalue weighted by Gasteiger charge is 2.50. The third-order valence-corrected chi connectivity index (χ3v) is 2.61. The van der Waals surface area contributed by atoms with Gasteiger partial charge in [-0.15, -0.1) is 0 Å². The largest absolute Gasteiger partial charge is 0.286 e. The molecule has 0 aromatic rings. The molecule has 1 fully saturated rings. The minimum absolute atomic E-state index is 0.877. The topological polar surface area (TPSA) is 0 Å². The second-order valence-electron chi connectivity index (χ2n) is 3.25. The first kappa shape index (κ1) is 6.81. The van der Waals surface area contributed by atoms with Gasteiger partial charge < -0.3 is 0 Å². The molecule has 1 aliphatic rings. The predicted octanol–water partition coefficient (Wildman–Crippen LogP) is 1.76. The van der Waals surface area contributed by atoms with Crippen molar-refractivity contribution in [1.82, 2.24) is 0 Å². The van der Waals surface area contributed by atoms with Crippen LogP contribution >= 0.6 is 0 Å². The number of hydrogen-bond donors (Lipinski definition) is 0. The summed E-state index contributed by atoms with van der Waals surface area (Å²) in [5, 5.41) is 0. The maximum Gasteiger partial charge on any atom is 0.143 e. The van der Waals surface area contributed by atoms with E-state index in [1.807, 2.05) is 0 Å². The van der Waals surface area contributed by atoms with Crippen molar-refractivity contribution in [2.24, 2.45) is 0 Å². The summed E-state index contributed by atoms with van der Waals surface area (Å²) in [6, 6.07) is 0.877. The van der Waals surface area contributed by atoms with Crippen LogP contribution in [-0.2, 0) is 0 Å². The summed E-state index contributed by atoms with van der Waals surface area (Å²) in [6.45, 7) is 9.64. The fraction of sp³-hybridized carbons (Fsp3) is 0.750. The normalized spacial score (nSPS) is 40.6. The summed E-state index contributed by atoms with van der Waals surface area (Å²) < 4.78 is 1.12. The van der Waals surface area contributed by atoms with Gasteiger partial charge in [0.05, 0.1) is 12.7 Å². The summed E-state index contributed by atoms with van der Waals surface area (Å²) >= 11 is 0. The minimum Gasteiger partial charge on any atom is -0.286 e. The molecule has 0 saturated carbocycles. The van der Waals surface area contributed by atoms with Crippen molar-refractivity contribution in [2.75, 3.05) is 13.6 Å². The number of hydrogen-bond acceptors (Lipinski definition) is 0. The van der Waals surface area contributed by atoms with Crippen LogP contribution in [0.4, 0.5) is 0 Å². The molecule has 1 nitrogen and oxygen atoms in total. The van der Waals surface area contributed by atoms with Crippen molar-refractivity contribution in [3.8, 4) is 0 Å². The zero-order chi connectivity index (χ0) is 7.07. The third-order valence-electron chi connectivity index (χ3n) is 2.61. The van der Waals surface area contributed by atoms with Gasteiger partial charge >= 0.3 is 0 Å². The molecule has 2 atom stereocenters. The summed E-state index contributed by atoms with van der Waals surface area (Å²) in [6.07, 6.45) is 1.30. The van der Waals surface area contributed by atoms with Crippen LogP contribution in [0.3, 0.4) is 0 Å². The Balaban J connectivity index is 2.52. The van der Waals surface area contributed by atoms with Gasteiger partial charge in [-0.25, -0.2) is 0 Å². The summed E-state index contributed by atoms with van der Waals surface area (Å²) in [7, 11) is 2.26. The molecule has 1 heteroatoms. The van der Waals surface area contributed by atoms with E-state index < -0.39 is 0 Å². The molecule has 2 unspecified atom stereocenters. The fourth-order valence-corrected chi connectivity index (χ4v) is 1.39. The lowest BCUT2D eigenvalue weighted by atomic mass is 10.3. The van der Waals surface area contributed by atoms with Gasteiger partial charge in [0, 0.05) is 13.3 Å². The monoisotopic (exact) mass is 126 g/mol. The van der Waals surface area contributed by atoms with Crippen LogP contribution in [0, 0.1) is 0 Å². The molecule has 0 amide bonds. The van der Waals surface area contributed by atoms with Crippen LogP contribution in [0.25, 0.3) is 0 Å². The van der Waals surface area contributed by atoms with Gasteiger partial charge in [0.1, 0.15) is 12.6 Å². The van der Waals surface area contributed by atoms with Crippen LogP contribution < -0.4 is 0 Å². The lowest BCUT2D eigenvalue weighted by Crippen LogP contribution is -2.19. The zero-order valence-corrected chi connectivity index (χ0v) is 6.65. The van der Waals surface area contributed by atoms with E-state index in [9.17, 15) is 0 Å². The van der Waals surface area contributed by atoms with Crippen LogP contribution in [-0.4, -0.2) is 24.1 Å². The Hall–Kier alpha value is -0.300. The van der Waals surface area contributed by atoms with Crippen LogP contribution in [0.2, 0.25) is 0 Å². The second kappa shape index (κ2) is 1.84. The van der Waals surface area contributed by atoms with E-state index in [0.29, 0.717) is 0 Å². The summed E-state index contributed by atoms with van der Waals surface area (Å²) in [4.78, 5) is 0. The van der Waals surface area contributed by atoms with Crippen molar-refractivity contribution in [3.63, 3.8) is 0 Å². The molecule has 1 aliphatic heterocycles. The first-order valence-electron chi connectivity index (χ1n) is 3.62. The minimum atomic E-state index is 0.877. The highest BCUT2D eigenvalue weighted by Crippen LogP contribution is 2.34. The summed E-state index contributed by atoms with van der Waals surface area (Å²) in [5.74, 6) is 0. The van der Waals surface area contributed by atoms with E-state index in [1.54, 1.807) is 0 Å². The Morgan fingerprint density at radius 1 is 1.78 bits per heavy atom. The van der Waals surface area contributed by atoms with E-state index in [-0.39, 0.29) is 0 Å². The van der Waals surface area contributed by atoms with Crippen molar-refractivity contribution in [3.05, 3.63) is 12.3 Å². The Kier molecular flexibility index (Phi) is 1.39. The zero-order valence-electron chi connectivity index (χ0n) is 6.65. The Morgan fingerprint density at radius 3 is 2.44 bits per heavy atom. The molecule has 52 valence electrons. The van der Waals surface area contributed by atoms with Gasteiger partial charge in [-0.05, 0) is 6.58 Å². The molecule has 1 saturated heterocycles. The molecule has 0 N–H and O–H groups in total. The maximum absolute atomic E-state index is 3.96. The smallest absolute Gasteiger partial charge is 0.143 e.